The van der Waals surface area contributed by atoms with E-state index >= 15 is 0 Å². The van der Waals surface area contributed by atoms with Crippen molar-refractivity contribution in [2.75, 3.05) is 0 Å². The predicted molar refractivity (Wildman–Crippen MR) is 229 cm³/mol. The van der Waals surface area contributed by atoms with Gasteiger partial charge in [0.05, 0.1) is 17.0 Å². The minimum atomic E-state index is -0.638. The first-order valence-corrected chi connectivity index (χ1v) is 19.3. The number of rotatable bonds is 5. The maximum Gasteiger partial charge on any atom is 0.164 e. The highest BCUT2D eigenvalue weighted by Gasteiger charge is 2.51. The lowest BCUT2D eigenvalue weighted by molar-refractivity contribution is 0.436. The van der Waals surface area contributed by atoms with Gasteiger partial charge in [-0.1, -0.05) is 158 Å². The Morgan fingerprint density at radius 2 is 0.810 bits per heavy atom. The van der Waals surface area contributed by atoms with Crippen molar-refractivity contribution < 1.29 is 4.74 Å². The van der Waals surface area contributed by atoms with Crippen molar-refractivity contribution in [3.63, 3.8) is 0 Å². The highest BCUT2D eigenvalue weighted by Crippen LogP contribution is 2.62. The van der Waals surface area contributed by atoms with Gasteiger partial charge in [-0.05, 0) is 80.9 Å². The molecule has 2 heterocycles. The molecule has 8 aromatic carbocycles. The standard InChI is InChI=1S/C53H32N4O/c54-33-34-19-21-35(22-20-34)41-28-30-49-47(32-41)53(45-17-9-10-18-48(45)58-49)44-16-8-7-15-42(44)43-29-27-40(31-46(43)53)36-23-25-39(26-24-36)52-56-50(37-11-3-1-4-12-37)55-51(57-52)38-13-5-2-6-14-38/h1-32H. The van der Waals surface area contributed by atoms with Gasteiger partial charge in [-0.2, -0.15) is 5.26 Å². The van der Waals surface area contributed by atoms with Crippen LogP contribution in [-0.2, 0) is 5.41 Å². The summed E-state index contributed by atoms with van der Waals surface area (Å²) in [4.78, 5) is 14.8. The van der Waals surface area contributed by atoms with E-state index in [0.29, 0.717) is 23.0 Å². The molecule has 0 amide bonds. The number of nitrogens with zero attached hydrogens (tertiary/aromatic N) is 4. The molecule has 0 saturated heterocycles. The molecule has 5 nitrogen and oxygen atoms in total. The van der Waals surface area contributed by atoms with Crippen molar-refractivity contribution in [2.45, 2.75) is 5.41 Å². The lowest BCUT2D eigenvalue weighted by Crippen LogP contribution is -2.32. The zero-order chi connectivity index (χ0) is 38.6. The fraction of sp³-hybridized carbons (Fsp3) is 0.0189. The first-order valence-electron chi connectivity index (χ1n) is 19.3. The Morgan fingerprint density at radius 1 is 0.362 bits per heavy atom. The van der Waals surface area contributed by atoms with Crippen LogP contribution in [0.25, 0.3) is 67.5 Å². The first-order chi connectivity index (χ1) is 28.7. The summed E-state index contributed by atoms with van der Waals surface area (Å²) in [6.07, 6.45) is 0. The van der Waals surface area contributed by atoms with Gasteiger partial charge in [0.15, 0.2) is 17.5 Å². The second kappa shape index (κ2) is 13.4. The summed E-state index contributed by atoms with van der Waals surface area (Å²) < 4.78 is 6.71. The fourth-order valence-electron chi connectivity index (χ4n) is 8.75. The summed E-state index contributed by atoms with van der Waals surface area (Å²) in [5, 5.41) is 9.47. The normalized spacial score (nSPS) is 14.4. The third kappa shape index (κ3) is 5.27. The van der Waals surface area contributed by atoms with E-state index in [0.717, 1.165) is 61.6 Å². The van der Waals surface area contributed by atoms with E-state index in [9.17, 15) is 5.26 Å². The Labute approximate surface area is 336 Å². The maximum absolute atomic E-state index is 9.47. The molecule has 270 valence electrons. The Morgan fingerprint density at radius 3 is 1.45 bits per heavy atom. The lowest BCUT2D eigenvalue weighted by Gasteiger charge is -2.39. The van der Waals surface area contributed by atoms with Gasteiger partial charge < -0.3 is 4.74 Å². The Bertz CT molecular complexity index is 3020. The van der Waals surface area contributed by atoms with Gasteiger partial charge in [-0.3, -0.25) is 0 Å². The number of nitriles is 1. The topological polar surface area (TPSA) is 71.7 Å². The van der Waals surface area contributed by atoms with Crippen molar-refractivity contribution >= 4 is 0 Å². The maximum atomic E-state index is 9.47. The quantitative estimate of drug-likeness (QED) is 0.176. The van der Waals surface area contributed by atoms with E-state index in [4.69, 9.17) is 19.7 Å². The van der Waals surface area contributed by atoms with E-state index < -0.39 is 5.41 Å². The third-order valence-electron chi connectivity index (χ3n) is 11.5. The molecule has 0 bridgehead atoms. The second-order valence-corrected chi connectivity index (χ2v) is 14.7. The Balaban J connectivity index is 1.06. The van der Waals surface area contributed by atoms with Gasteiger partial charge >= 0.3 is 0 Å². The molecule has 1 atom stereocenters. The molecule has 2 aliphatic rings. The van der Waals surface area contributed by atoms with Crippen LogP contribution in [0.15, 0.2) is 194 Å². The number of aromatic nitrogens is 3. The van der Waals surface area contributed by atoms with Crippen LogP contribution in [0, 0.1) is 11.3 Å². The van der Waals surface area contributed by atoms with Crippen molar-refractivity contribution in [1.29, 1.82) is 5.26 Å². The average Bonchev–Trinajstić information content (AvgIpc) is 3.59. The van der Waals surface area contributed by atoms with Crippen molar-refractivity contribution in [2.24, 2.45) is 0 Å². The number of hydrogen-bond acceptors (Lipinski definition) is 5. The molecule has 1 aliphatic heterocycles. The van der Waals surface area contributed by atoms with Gasteiger partial charge in [-0.15, -0.1) is 0 Å². The van der Waals surface area contributed by atoms with Crippen molar-refractivity contribution in [1.82, 2.24) is 15.0 Å². The molecule has 58 heavy (non-hydrogen) atoms. The van der Waals surface area contributed by atoms with Gasteiger partial charge in [0, 0.05) is 27.8 Å². The van der Waals surface area contributed by atoms with Crippen LogP contribution >= 0.6 is 0 Å². The lowest BCUT2D eigenvalue weighted by atomic mass is 9.65. The largest absolute Gasteiger partial charge is 0.457 e. The molecule has 0 fully saturated rings. The number of ether oxygens (including phenoxy) is 1. The molecule has 1 aliphatic carbocycles. The van der Waals surface area contributed by atoms with Gasteiger partial charge in [0.1, 0.15) is 11.5 Å². The molecular formula is C53H32N4O. The molecule has 0 saturated carbocycles. The Hall–Kier alpha value is -7.94. The Kier molecular flexibility index (Phi) is 7.70. The van der Waals surface area contributed by atoms with Crippen LogP contribution in [-0.4, -0.2) is 15.0 Å². The van der Waals surface area contributed by atoms with Gasteiger partial charge in [0.2, 0.25) is 0 Å². The van der Waals surface area contributed by atoms with Crippen LogP contribution < -0.4 is 4.74 Å². The zero-order valence-corrected chi connectivity index (χ0v) is 31.2. The van der Waals surface area contributed by atoms with E-state index in [2.05, 4.69) is 109 Å². The summed E-state index contributed by atoms with van der Waals surface area (Å²) in [5.41, 5.74) is 14.1. The zero-order valence-electron chi connectivity index (χ0n) is 31.2. The monoisotopic (exact) mass is 740 g/mol. The van der Waals surface area contributed by atoms with E-state index in [-0.39, 0.29) is 0 Å². The number of fused-ring (bicyclic) bond motifs is 9. The average molecular weight is 741 g/mol. The van der Waals surface area contributed by atoms with Crippen LogP contribution in [0.1, 0.15) is 27.8 Å². The highest BCUT2D eigenvalue weighted by molar-refractivity contribution is 5.91. The third-order valence-corrected chi connectivity index (χ3v) is 11.5. The predicted octanol–water partition coefficient (Wildman–Crippen LogP) is 12.5. The van der Waals surface area contributed by atoms with Crippen LogP contribution in [0.2, 0.25) is 0 Å². The molecular weight excluding hydrogens is 709 g/mol. The summed E-state index contributed by atoms with van der Waals surface area (Å²) in [7, 11) is 0. The van der Waals surface area contributed by atoms with E-state index in [1.165, 1.54) is 22.3 Å². The molecule has 5 heteroatoms. The fourth-order valence-corrected chi connectivity index (χ4v) is 8.75. The molecule has 1 spiro atoms. The minimum Gasteiger partial charge on any atom is -0.457 e. The molecule has 0 radical (unpaired) electrons. The minimum absolute atomic E-state index is 0.621. The van der Waals surface area contributed by atoms with Crippen molar-refractivity contribution in [3.05, 3.63) is 222 Å². The second-order valence-electron chi connectivity index (χ2n) is 14.7. The molecule has 1 aromatic heterocycles. The smallest absolute Gasteiger partial charge is 0.164 e. The first kappa shape index (κ1) is 33.4. The van der Waals surface area contributed by atoms with Crippen LogP contribution in [0.4, 0.5) is 0 Å². The summed E-state index contributed by atoms with van der Waals surface area (Å²) >= 11 is 0. The van der Waals surface area contributed by atoms with Gasteiger partial charge in [-0.25, -0.2) is 15.0 Å². The van der Waals surface area contributed by atoms with E-state index in [1.54, 1.807) is 0 Å². The molecule has 1 unspecified atom stereocenters. The summed E-state index contributed by atoms with van der Waals surface area (Å²) in [6, 6.07) is 69.2. The van der Waals surface area contributed by atoms with Crippen LogP contribution in [0.5, 0.6) is 11.5 Å². The highest BCUT2D eigenvalue weighted by atomic mass is 16.5. The van der Waals surface area contributed by atoms with E-state index in [1.807, 2.05) is 91.0 Å². The molecule has 0 N–H and O–H groups in total. The summed E-state index contributed by atoms with van der Waals surface area (Å²) in [5.74, 6) is 3.57. The summed E-state index contributed by atoms with van der Waals surface area (Å²) in [6.45, 7) is 0. The van der Waals surface area contributed by atoms with Gasteiger partial charge in [0.25, 0.3) is 0 Å². The number of hydrogen-bond donors (Lipinski definition) is 0. The van der Waals surface area contributed by atoms with Crippen LogP contribution in [0.3, 0.4) is 0 Å². The van der Waals surface area contributed by atoms with Crippen molar-refractivity contribution in [3.8, 4) is 85.1 Å². The molecule has 9 aromatic rings. The SMILES string of the molecule is N#Cc1ccc(-c2ccc3c(c2)C2(c4ccccc4O3)c3ccccc3-c3ccc(-c4ccc(-c5nc(-c6ccccc6)nc(-c6ccccc6)n5)cc4)cc32)cc1. The molecule has 11 rings (SSSR count). The number of benzene rings is 8. The number of para-hydroxylation sites is 1.